The number of aromatic hydroxyl groups is 1. The van der Waals surface area contributed by atoms with E-state index in [1.807, 2.05) is 30.5 Å². The number of rotatable bonds is 16. The van der Waals surface area contributed by atoms with Crippen LogP contribution in [0.1, 0.15) is 24.0 Å². The molecule has 1 aromatic heterocycles. The standard InChI is InChI=1S/C29H36N6O7S/c1-43-11-10-20(30)27(40)34-23(12-16-6-8-18(36)9-7-16)28(41)35-24(14-25(37)38)29(42)33-22(26(31)39)13-17-15-32-21-5-3-2-4-19(17)21/h2-9,15,20,22-24,32,36H,10-14,30H2,1H3,(H2,31,39)(H,33,42)(H,34,40)(H,35,41)(H,37,38)/t20-,22-,23-,24+/m0/s1. The van der Waals surface area contributed by atoms with Crippen LogP contribution in [0, 0.1) is 0 Å². The Balaban J connectivity index is 1.78. The summed E-state index contributed by atoms with van der Waals surface area (Å²) in [5.74, 6) is -3.99. The maximum Gasteiger partial charge on any atom is 0.305 e. The fourth-order valence-corrected chi connectivity index (χ4v) is 4.89. The summed E-state index contributed by atoms with van der Waals surface area (Å²) in [4.78, 5) is 66.4. The van der Waals surface area contributed by atoms with Gasteiger partial charge in [-0.2, -0.15) is 11.8 Å². The molecule has 1 heterocycles. The number of aromatic nitrogens is 1. The van der Waals surface area contributed by atoms with Gasteiger partial charge in [-0.3, -0.25) is 24.0 Å². The minimum absolute atomic E-state index is 0.00251. The van der Waals surface area contributed by atoms with E-state index in [9.17, 15) is 34.2 Å². The van der Waals surface area contributed by atoms with E-state index in [1.165, 1.54) is 23.9 Å². The molecule has 230 valence electrons. The summed E-state index contributed by atoms with van der Waals surface area (Å²) in [5, 5.41) is 27.4. The van der Waals surface area contributed by atoms with Gasteiger partial charge in [0.1, 0.15) is 23.9 Å². The number of nitrogens with one attached hydrogen (secondary N) is 4. The Morgan fingerprint density at radius 2 is 1.51 bits per heavy atom. The first-order valence-electron chi connectivity index (χ1n) is 13.5. The number of thioether (sulfide) groups is 1. The third-order valence-electron chi connectivity index (χ3n) is 6.75. The number of H-pyrrole nitrogens is 1. The van der Waals surface area contributed by atoms with Crippen LogP contribution < -0.4 is 27.4 Å². The van der Waals surface area contributed by atoms with Crippen molar-refractivity contribution in [3.8, 4) is 5.75 Å². The monoisotopic (exact) mass is 612 g/mol. The summed E-state index contributed by atoms with van der Waals surface area (Å²) >= 11 is 1.50. The van der Waals surface area contributed by atoms with E-state index in [-0.39, 0.29) is 18.6 Å². The van der Waals surface area contributed by atoms with E-state index in [1.54, 1.807) is 18.3 Å². The topological polar surface area (TPSA) is 230 Å². The summed E-state index contributed by atoms with van der Waals surface area (Å²) in [5.41, 5.74) is 13.6. The number of carboxylic acids is 1. The van der Waals surface area contributed by atoms with Gasteiger partial charge in [0.2, 0.25) is 23.6 Å². The second-order valence-corrected chi connectivity index (χ2v) is 11.0. The van der Waals surface area contributed by atoms with E-state index in [4.69, 9.17) is 11.5 Å². The average Bonchev–Trinajstić information content (AvgIpc) is 3.38. The van der Waals surface area contributed by atoms with Crippen molar-refractivity contribution in [3.63, 3.8) is 0 Å². The molecule has 43 heavy (non-hydrogen) atoms. The molecule has 0 saturated carbocycles. The zero-order valence-electron chi connectivity index (χ0n) is 23.5. The van der Waals surface area contributed by atoms with Gasteiger partial charge in [-0.15, -0.1) is 0 Å². The number of hydrogen-bond donors (Lipinski definition) is 8. The molecule has 4 amide bonds. The van der Waals surface area contributed by atoms with Crippen molar-refractivity contribution in [1.82, 2.24) is 20.9 Å². The van der Waals surface area contributed by atoms with Crippen LogP contribution in [0.15, 0.2) is 54.7 Å². The lowest BCUT2D eigenvalue weighted by molar-refractivity contribution is -0.141. The highest BCUT2D eigenvalue weighted by molar-refractivity contribution is 7.98. The number of carboxylic acid groups (broad SMARTS) is 1. The maximum atomic E-state index is 13.4. The van der Waals surface area contributed by atoms with Crippen LogP contribution in [0.5, 0.6) is 5.75 Å². The Morgan fingerprint density at radius 3 is 2.16 bits per heavy atom. The molecule has 0 bridgehead atoms. The molecule has 0 aliphatic carbocycles. The number of carbonyl (C=O) groups is 5. The highest BCUT2D eigenvalue weighted by atomic mass is 32.2. The molecule has 14 heteroatoms. The normalized spacial score (nSPS) is 13.8. The Bertz CT molecular complexity index is 1440. The summed E-state index contributed by atoms with van der Waals surface area (Å²) < 4.78 is 0. The molecule has 0 aliphatic heterocycles. The second-order valence-electron chi connectivity index (χ2n) is 10.0. The van der Waals surface area contributed by atoms with Crippen LogP contribution in [0.4, 0.5) is 0 Å². The SMILES string of the molecule is CSCC[C@H](N)C(=O)N[C@@H](Cc1ccc(O)cc1)C(=O)N[C@H](CC(=O)O)C(=O)N[C@@H](Cc1c[nH]c2ccccc12)C(N)=O. The van der Waals surface area contributed by atoms with Gasteiger partial charge in [0.15, 0.2) is 0 Å². The molecule has 0 spiro atoms. The third-order valence-corrected chi connectivity index (χ3v) is 7.39. The average molecular weight is 613 g/mol. The number of aliphatic carboxylic acids is 1. The highest BCUT2D eigenvalue weighted by Crippen LogP contribution is 2.19. The predicted octanol–water partition coefficient (Wildman–Crippen LogP) is 0.154. The zero-order chi connectivity index (χ0) is 31.5. The van der Waals surface area contributed by atoms with Crippen LogP contribution in [-0.4, -0.2) is 81.0 Å². The molecule has 10 N–H and O–H groups in total. The van der Waals surface area contributed by atoms with E-state index in [2.05, 4.69) is 20.9 Å². The van der Waals surface area contributed by atoms with E-state index in [0.717, 1.165) is 10.9 Å². The molecule has 4 atom stereocenters. The maximum absolute atomic E-state index is 13.4. The van der Waals surface area contributed by atoms with Crippen LogP contribution in [0.3, 0.4) is 0 Å². The molecule has 3 rings (SSSR count). The van der Waals surface area contributed by atoms with Crippen LogP contribution in [0.2, 0.25) is 0 Å². The van der Waals surface area contributed by atoms with E-state index >= 15 is 0 Å². The van der Waals surface area contributed by atoms with Gasteiger partial charge >= 0.3 is 5.97 Å². The molecule has 0 radical (unpaired) electrons. The Kier molecular flexibility index (Phi) is 12.0. The van der Waals surface area contributed by atoms with Crippen LogP contribution in [0.25, 0.3) is 10.9 Å². The van der Waals surface area contributed by atoms with E-state index < -0.39 is 60.2 Å². The van der Waals surface area contributed by atoms with Crippen LogP contribution in [-0.2, 0) is 36.8 Å². The molecule has 0 fully saturated rings. The van der Waals surface area contributed by atoms with Crippen LogP contribution >= 0.6 is 11.8 Å². The van der Waals surface area contributed by atoms with Gasteiger partial charge in [0, 0.05) is 29.9 Å². The summed E-state index contributed by atoms with van der Waals surface area (Å²) in [7, 11) is 0. The summed E-state index contributed by atoms with van der Waals surface area (Å²) in [6, 6.07) is 8.33. The minimum Gasteiger partial charge on any atom is -0.508 e. The quantitative estimate of drug-likeness (QED) is 0.110. The number of primary amides is 1. The molecule has 0 aliphatic rings. The number of benzene rings is 2. The number of amides is 4. The lowest BCUT2D eigenvalue weighted by atomic mass is 10.0. The molecular formula is C29H36N6O7S. The third kappa shape index (κ3) is 9.75. The number of phenols is 1. The largest absolute Gasteiger partial charge is 0.508 e. The predicted molar refractivity (Wildman–Crippen MR) is 162 cm³/mol. The smallest absolute Gasteiger partial charge is 0.305 e. The molecule has 0 saturated heterocycles. The number of phenolic OH excluding ortho intramolecular Hbond substituents is 1. The van der Waals surface area contributed by atoms with Gasteiger partial charge in [-0.05, 0) is 47.8 Å². The lowest BCUT2D eigenvalue weighted by Crippen LogP contribution is -2.58. The van der Waals surface area contributed by atoms with Crippen molar-refractivity contribution >= 4 is 52.3 Å². The van der Waals surface area contributed by atoms with Gasteiger partial charge < -0.3 is 42.6 Å². The van der Waals surface area contributed by atoms with Crippen molar-refractivity contribution in [2.45, 2.75) is 49.9 Å². The second kappa shape index (κ2) is 15.6. The molecular weight excluding hydrogens is 576 g/mol. The molecule has 3 aromatic rings. The van der Waals surface area contributed by atoms with Crippen molar-refractivity contribution in [2.24, 2.45) is 11.5 Å². The number of para-hydroxylation sites is 1. The molecule has 0 unspecified atom stereocenters. The Hall–Kier alpha value is -4.56. The highest BCUT2D eigenvalue weighted by Gasteiger charge is 2.31. The fourth-order valence-electron chi connectivity index (χ4n) is 4.40. The van der Waals surface area contributed by atoms with E-state index in [0.29, 0.717) is 23.3 Å². The Labute approximate surface area is 252 Å². The first kappa shape index (κ1) is 32.9. The number of nitrogens with two attached hydrogens (primary N) is 2. The number of fused-ring (bicyclic) bond motifs is 1. The summed E-state index contributed by atoms with van der Waals surface area (Å²) in [6.45, 7) is 0. The van der Waals surface area contributed by atoms with Crippen molar-refractivity contribution in [3.05, 3.63) is 65.9 Å². The molecule has 13 nitrogen and oxygen atoms in total. The number of hydrogen-bond acceptors (Lipinski definition) is 8. The van der Waals surface area contributed by atoms with Gasteiger partial charge in [0.05, 0.1) is 12.5 Å². The van der Waals surface area contributed by atoms with Gasteiger partial charge in [-0.1, -0.05) is 30.3 Å². The zero-order valence-corrected chi connectivity index (χ0v) is 24.4. The first-order valence-corrected chi connectivity index (χ1v) is 14.9. The number of aromatic amines is 1. The van der Waals surface area contributed by atoms with Gasteiger partial charge in [0.25, 0.3) is 0 Å². The summed E-state index contributed by atoms with van der Waals surface area (Å²) in [6.07, 6.45) is 3.08. The lowest BCUT2D eigenvalue weighted by Gasteiger charge is -2.25. The van der Waals surface area contributed by atoms with Crippen molar-refractivity contribution in [2.75, 3.05) is 12.0 Å². The minimum atomic E-state index is -1.60. The van der Waals surface area contributed by atoms with Gasteiger partial charge in [-0.25, -0.2) is 0 Å². The Morgan fingerprint density at radius 1 is 0.884 bits per heavy atom. The molecule has 2 aromatic carbocycles. The fraction of sp³-hybridized carbons (Fsp3) is 0.345. The number of carbonyl (C=O) groups excluding carboxylic acids is 4. The van der Waals surface area contributed by atoms with Crippen molar-refractivity contribution < 1.29 is 34.2 Å². The first-order chi connectivity index (χ1) is 20.5. The van der Waals surface area contributed by atoms with Crippen molar-refractivity contribution in [1.29, 1.82) is 0 Å².